The molecule has 0 spiro atoms. The lowest BCUT2D eigenvalue weighted by Gasteiger charge is -2.28. The van der Waals surface area contributed by atoms with Crippen LogP contribution in [-0.2, 0) is 9.47 Å². The molecule has 0 aromatic rings. The lowest BCUT2D eigenvalue weighted by molar-refractivity contribution is -0.0303. The molecule has 114 valence electrons. The fraction of sp³-hybridized carbons (Fsp3) is 1.00. The number of rotatable bonds is 11. The van der Waals surface area contributed by atoms with Gasteiger partial charge >= 0.3 is 0 Å². The summed E-state index contributed by atoms with van der Waals surface area (Å²) in [6, 6.07) is 0. The number of unbranched alkanes of at least 4 members (excludes halogenated alkanes) is 6. The van der Waals surface area contributed by atoms with Crippen molar-refractivity contribution >= 4 is 15.9 Å². The Bertz CT molecular complexity index is 199. The van der Waals surface area contributed by atoms with Gasteiger partial charge < -0.3 is 9.47 Å². The molecule has 1 rings (SSSR count). The molecule has 1 aliphatic rings. The Morgan fingerprint density at radius 3 is 2.21 bits per heavy atom. The summed E-state index contributed by atoms with van der Waals surface area (Å²) in [6.07, 6.45) is 15.1. The van der Waals surface area contributed by atoms with Crippen LogP contribution in [-0.4, -0.2) is 31.3 Å². The van der Waals surface area contributed by atoms with E-state index in [1.54, 1.807) is 0 Å². The second kappa shape index (κ2) is 12.2. The van der Waals surface area contributed by atoms with Crippen molar-refractivity contribution in [3.8, 4) is 0 Å². The SMILES string of the molecule is COC1CCCC(OCCCCCCCCCBr)C1. The van der Waals surface area contributed by atoms with Gasteiger partial charge in [0.2, 0.25) is 0 Å². The third-order valence-electron chi connectivity index (χ3n) is 4.04. The Morgan fingerprint density at radius 2 is 1.53 bits per heavy atom. The predicted octanol–water partition coefficient (Wildman–Crippen LogP) is 5.09. The zero-order valence-corrected chi connectivity index (χ0v) is 14.1. The average Bonchev–Trinajstić information content (AvgIpc) is 2.46. The third-order valence-corrected chi connectivity index (χ3v) is 4.60. The molecule has 2 nitrogen and oxygen atoms in total. The van der Waals surface area contributed by atoms with Gasteiger partial charge in [0.05, 0.1) is 12.2 Å². The van der Waals surface area contributed by atoms with Crippen molar-refractivity contribution in [1.29, 1.82) is 0 Å². The number of alkyl halides is 1. The number of halogens is 1. The lowest BCUT2D eigenvalue weighted by Crippen LogP contribution is -2.27. The van der Waals surface area contributed by atoms with Gasteiger partial charge in [-0.3, -0.25) is 0 Å². The summed E-state index contributed by atoms with van der Waals surface area (Å²) in [5, 5.41) is 1.16. The van der Waals surface area contributed by atoms with E-state index in [9.17, 15) is 0 Å². The smallest absolute Gasteiger partial charge is 0.0599 e. The van der Waals surface area contributed by atoms with Gasteiger partial charge in [-0.15, -0.1) is 0 Å². The molecular weight excluding hydrogens is 304 g/mol. The molecule has 3 heteroatoms. The molecule has 1 aliphatic carbocycles. The van der Waals surface area contributed by atoms with Crippen LogP contribution in [0, 0.1) is 0 Å². The van der Waals surface area contributed by atoms with E-state index in [1.807, 2.05) is 7.11 Å². The largest absolute Gasteiger partial charge is 0.381 e. The quantitative estimate of drug-likeness (QED) is 0.387. The van der Waals surface area contributed by atoms with Gasteiger partial charge in [-0.2, -0.15) is 0 Å². The molecule has 0 aliphatic heterocycles. The first-order chi connectivity index (χ1) is 9.36. The molecule has 2 atom stereocenters. The first-order valence-electron chi connectivity index (χ1n) is 8.07. The first-order valence-corrected chi connectivity index (χ1v) is 9.19. The molecule has 19 heavy (non-hydrogen) atoms. The molecule has 0 radical (unpaired) electrons. The van der Waals surface area contributed by atoms with Crippen molar-refractivity contribution in [2.24, 2.45) is 0 Å². The van der Waals surface area contributed by atoms with Gasteiger partial charge in [-0.1, -0.05) is 48.0 Å². The number of ether oxygens (including phenoxy) is 2. The highest BCUT2D eigenvalue weighted by Gasteiger charge is 2.21. The van der Waals surface area contributed by atoms with Crippen LogP contribution < -0.4 is 0 Å². The summed E-state index contributed by atoms with van der Waals surface area (Å²) in [6.45, 7) is 0.947. The minimum atomic E-state index is 0.438. The van der Waals surface area contributed by atoms with Crippen LogP contribution in [0.3, 0.4) is 0 Å². The second-order valence-corrected chi connectivity index (χ2v) is 6.47. The summed E-state index contributed by atoms with van der Waals surface area (Å²) < 4.78 is 11.4. The molecule has 0 heterocycles. The molecule has 0 amide bonds. The van der Waals surface area contributed by atoms with Gasteiger partial charge in [-0.25, -0.2) is 0 Å². The van der Waals surface area contributed by atoms with Crippen LogP contribution >= 0.6 is 15.9 Å². The topological polar surface area (TPSA) is 18.5 Å². The van der Waals surface area contributed by atoms with Gasteiger partial charge in [0.15, 0.2) is 0 Å². The summed E-state index contributed by atoms with van der Waals surface area (Å²) in [5.74, 6) is 0. The molecule has 0 N–H and O–H groups in total. The lowest BCUT2D eigenvalue weighted by atomic mass is 9.95. The highest BCUT2D eigenvalue weighted by atomic mass is 79.9. The van der Waals surface area contributed by atoms with Crippen molar-refractivity contribution in [2.75, 3.05) is 19.0 Å². The Labute approximate surface area is 127 Å². The highest BCUT2D eigenvalue weighted by molar-refractivity contribution is 9.09. The number of methoxy groups -OCH3 is 1. The summed E-state index contributed by atoms with van der Waals surface area (Å²) >= 11 is 3.47. The van der Waals surface area contributed by atoms with Crippen LogP contribution in [0.4, 0.5) is 0 Å². The molecule has 2 unspecified atom stereocenters. The maximum atomic E-state index is 5.97. The maximum Gasteiger partial charge on any atom is 0.0599 e. The minimum Gasteiger partial charge on any atom is -0.381 e. The van der Waals surface area contributed by atoms with Crippen LogP contribution in [0.15, 0.2) is 0 Å². The van der Waals surface area contributed by atoms with E-state index in [4.69, 9.17) is 9.47 Å². The van der Waals surface area contributed by atoms with E-state index in [-0.39, 0.29) is 0 Å². The van der Waals surface area contributed by atoms with Crippen LogP contribution in [0.5, 0.6) is 0 Å². The maximum absolute atomic E-state index is 5.97. The Balaban J connectivity index is 1.85. The van der Waals surface area contributed by atoms with Crippen molar-refractivity contribution in [3.05, 3.63) is 0 Å². The molecule has 0 aromatic carbocycles. The Morgan fingerprint density at radius 1 is 0.895 bits per heavy atom. The highest BCUT2D eigenvalue weighted by Crippen LogP contribution is 2.23. The summed E-state index contributed by atoms with van der Waals surface area (Å²) in [4.78, 5) is 0. The number of hydrogen-bond acceptors (Lipinski definition) is 2. The molecular formula is C16H31BrO2. The average molecular weight is 335 g/mol. The second-order valence-electron chi connectivity index (χ2n) is 5.68. The van der Waals surface area contributed by atoms with Gasteiger partial charge in [-0.05, 0) is 38.5 Å². The van der Waals surface area contributed by atoms with Crippen LogP contribution in [0.2, 0.25) is 0 Å². The monoisotopic (exact) mass is 334 g/mol. The summed E-state index contributed by atoms with van der Waals surface area (Å²) in [7, 11) is 1.82. The van der Waals surface area contributed by atoms with Gasteiger partial charge in [0.25, 0.3) is 0 Å². The standard InChI is InChI=1S/C16H31BrO2/c1-18-15-10-9-11-16(14-15)19-13-8-6-4-2-3-5-7-12-17/h15-16H,2-14H2,1H3. The van der Waals surface area contributed by atoms with Crippen molar-refractivity contribution < 1.29 is 9.47 Å². The normalized spacial score (nSPS) is 23.7. The van der Waals surface area contributed by atoms with E-state index >= 15 is 0 Å². The molecule has 0 bridgehead atoms. The fourth-order valence-corrected chi connectivity index (χ4v) is 3.19. The fourth-order valence-electron chi connectivity index (χ4n) is 2.80. The van der Waals surface area contributed by atoms with Crippen molar-refractivity contribution in [3.63, 3.8) is 0 Å². The molecule has 0 aromatic heterocycles. The van der Waals surface area contributed by atoms with E-state index in [0.717, 1.165) is 18.4 Å². The molecule has 0 saturated heterocycles. The van der Waals surface area contributed by atoms with Gasteiger partial charge in [0, 0.05) is 19.0 Å². The van der Waals surface area contributed by atoms with Crippen molar-refractivity contribution in [1.82, 2.24) is 0 Å². The van der Waals surface area contributed by atoms with Crippen LogP contribution in [0.1, 0.15) is 70.6 Å². The minimum absolute atomic E-state index is 0.438. The van der Waals surface area contributed by atoms with E-state index in [2.05, 4.69) is 15.9 Å². The Hall–Kier alpha value is 0.400. The van der Waals surface area contributed by atoms with Gasteiger partial charge in [0.1, 0.15) is 0 Å². The molecule has 1 fully saturated rings. The van der Waals surface area contributed by atoms with E-state index in [1.165, 1.54) is 64.2 Å². The van der Waals surface area contributed by atoms with Crippen molar-refractivity contribution in [2.45, 2.75) is 82.8 Å². The van der Waals surface area contributed by atoms with Crippen LogP contribution in [0.25, 0.3) is 0 Å². The number of hydrogen-bond donors (Lipinski definition) is 0. The third kappa shape index (κ3) is 9.04. The predicted molar refractivity (Wildman–Crippen MR) is 85.1 cm³/mol. The Kier molecular flexibility index (Phi) is 11.2. The first kappa shape index (κ1) is 17.5. The molecule has 1 saturated carbocycles. The zero-order chi connectivity index (χ0) is 13.8. The zero-order valence-electron chi connectivity index (χ0n) is 12.5. The summed E-state index contributed by atoms with van der Waals surface area (Å²) in [5.41, 5.74) is 0. The van der Waals surface area contributed by atoms with E-state index < -0.39 is 0 Å². The van der Waals surface area contributed by atoms with E-state index in [0.29, 0.717) is 12.2 Å².